The predicted octanol–water partition coefficient (Wildman–Crippen LogP) is 2.34. The summed E-state index contributed by atoms with van der Waals surface area (Å²) in [6.45, 7) is 2.90. The fourth-order valence-electron chi connectivity index (χ4n) is 2.70. The molecule has 2 rings (SSSR count). The first-order chi connectivity index (χ1) is 9.16. The summed E-state index contributed by atoms with van der Waals surface area (Å²) in [6, 6.07) is 0. The Morgan fingerprint density at radius 2 is 2.21 bits per heavy atom. The second kappa shape index (κ2) is 6.48. The molecule has 0 unspecified atom stereocenters. The van der Waals surface area contributed by atoms with Crippen molar-refractivity contribution in [2.45, 2.75) is 51.0 Å². The molecular formula is C14H23N3OS. The van der Waals surface area contributed by atoms with E-state index in [0.29, 0.717) is 6.42 Å². The van der Waals surface area contributed by atoms with E-state index in [1.165, 1.54) is 12.8 Å². The van der Waals surface area contributed by atoms with E-state index in [4.69, 9.17) is 0 Å². The molecule has 5 heteroatoms. The van der Waals surface area contributed by atoms with Gasteiger partial charge in [0.05, 0.1) is 5.54 Å². The fraction of sp³-hybridized carbons (Fsp3) is 0.714. The zero-order valence-corrected chi connectivity index (χ0v) is 12.6. The molecule has 0 aromatic carbocycles. The van der Waals surface area contributed by atoms with Gasteiger partial charge in [0.15, 0.2) is 0 Å². The summed E-state index contributed by atoms with van der Waals surface area (Å²) >= 11 is 1.68. The number of hydrogen-bond donors (Lipinski definition) is 2. The summed E-state index contributed by atoms with van der Waals surface area (Å²) in [4.78, 5) is 16.7. The van der Waals surface area contributed by atoms with Crippen molar-refractivity contribution in [2.75, 3.05) is 13.6 Å². The van der Waals surface area contributed by atoms with Gasteiger partial charge in [-0.25, -0.2) is 4.98 Å². The van der Waals surface area contributed by atoms with Gasteiger partial charge in [0.2, 0.25) is 5.91 Å². The summed E-state index contributed by atoms with van der Waals surface area (Å²) in [6.07, 6.45) is 5.88. The second-order valence-corrected chi connectivity index (χ2v) is 6.20. The molecule has 4 nitrogen and oxygen atoms in total. The molecule has 0 saturated heterocycles. The van der Waals surface area contributed by atoms with Crippen LogP contribution in [0.5, 0.6) is 0 Å². The van der Waals surface area contributed by atoms with Crippen molar-refractivity contribution in [1.29, 1.82) is 0 Å². The Hall–Kier alpha value is -0.940. The zero-order valence-electron chi connectivity index (χ0n) is 11.8. The minimum absolute atomic E-state index is 0.157. The van der Waals surface area contributed by atoms with Gasteiger partial charge in [-0.2, -0.15) is 0 Å². The Balaban J connectivity index is 2.02. The number of thiazole rings is 1. The standard InChI is InChI=1S/C14H23N3OS/c1-11-10-19-13(16-11)14(7-3-4-8-14)17-12(18)6-5-9-15-2/h10,15H,3-9H2,1-2H3,(H,17,18). The molecule has 1 aromatic heterocycles. The van der Waals surface area contributed by atoms with E-state index in [1.807, 2.05) is 14.0 Å². The van der Waals surface area contributed by atoms with E-state index in [9.17, 15) is 4.79 Å². The molecule has 0 atom stereocenters. The molecule has 0 bridgehead atoms. The van der Waals surface area contributed by atoms with Gasteiger partial charge in [-0.1, -0.05) is 12.8 Å². The lowest BCUT2D eigenvalue weighted by molar-refractivity contribution is -0.123. The van der Waals surface area contributed by atoms with Crippen LogP contribution in [0, 0.1) is 6.92 Å². The van der Waals surface area contributed by atoms with Gasteiger partial charge >= 0.3 is 0 Å². The predicted molar refractivity (Wildman–Crippen MR) is 78.3 cm³/mol. The molecule has 106 valence electrons. The SMILES string of the molecule is CNCCCC(=O)NC1(c2nc(C)cs2)CCCC1. The normalized spacial score (nSPS) is 17.6. The number of aromatic nitrogens is 1. The van der Waals surface area contributed by atoms with Crippen LogP contribution >= 0.6 is 11.3 Å². The van der Waals surface area contributed by atoms with Crippen molar-refractivity contribution < 1.29 is 4.79 Å². The fourth-order valence-corrected chi connectivity index (χ4v) is 3.71. The first-order valence-electron chi connectivity index (χ1n) is 7.04. The second-order valence-electron chi connectivity index (χ2n) is 5.34. The number of carbonyl (C=O) groups is 1. The number of amides is 1. The highest BCUT2D eigenvalue weighted by Gasteiger charge is 2.39. The lowest BCUT2D eigenvalue weighted by atomic mass is 9.98. The van der Waals surface area contributed by atoms with Crippen LogP contribution in [0.25, 0.3) is 0 Å². The van der Waals surface area contributed by atoms with E-state index in [1.54, 1.807) is 11.3 Å². The topological polar surface area (TPSA) is 54.0 Å². The Morgan fingerprint density at radius 3 is 2.79 bits per heavy atom. The maximum Gasteiger partial charge on any atom is 0.220 e. The molecule has 1 saturated carbocycles. The van der Waals surface area contributed by atoms with E-state index in [-0.39, 0.29) is 11.4 Å². The third-order valence-electron chi connectivity index (χ3n) is 3.69. The lowest BCUT2D eigenvalue weighted by Gasteiger charge is -2.28. The zero-order chi connectivity index (χ0) is 13.7. The van der Waals surface area contributed by atoms with Gasteiger partial charge in [-0.15, -0.1) is 11.3 Å². The smallest absolute Gasteiger partial charge is 0.220 e. The molecule has 0 spiro atoms. The van der Waals surface area contributed by atoms with E-state index in [0.717, 1.165) is 36.5 Å². The Morgan fingerprint density at radius 1 is 1.47 bits per heavy atom. The van der Waals surface area contributed by atoms with Gasteiger partial charge in [-0.05, 0) is 39.8 Å². The molecule has 1 aliphatic carbocycles. The Kier molecular flexibility index (Phi) is 4.93. The number of nitrogens with one attached hydrogen (secondary N) is 2. The monoisotopic (exact) mass is 281 g/mol. The van der Waals surface area contributed by atoms with Crippen LogP contribution in [0.1, 0.15) is 49.2 Å². The third kappa shape index (κ3) is 3.54. The molecule has 19 heavy (non-hydrogen) atoms. The highest BCUT2D eigenvalue weighted by Crippen LogP contribution is 2.40. The summed E-state index contributed by atoms with van der Waals surface area (Å²) in [5.74, 6) is 0.157. The van der Waals surface area contributed by atoms with Crippen molar-refractivity contribution >= 4 is 17.2 Å². The molecule has 1 aliphatic rings. The van der Waals surface area contributed by atoms with Gasteiger partial charge in [0, 0.05) is 17.5 Å². The van der Waals surface area contributed by atoms with Gasteiger partial charge in [-0.3, -0.25) is 4.79 Å². The number of aryl methyl sites for hydroxylation is 1. The Labute approximate surface area is 119 Å². The van der Waals surface area contributed by atoms with Gasteiger partial charge in [0.25, 0.3) is 0 Å². The molecule has 0 radical (unpaired) electrons. The van der Waals surface area contributed by atoms with Crippen LogP contribution in [0.2, 0.25) is 0 Å². The highest BCUT2D eigenvalue weighted by atomic mass is 32.1. The van der Waals surface area contributed by atoms with Crippen LogP contribution in [-0.2, 0) is 10.3 Å². The minimum atomic E-state index is -0.185. The van der Waals surface area contributed by atoms with Crippen molar-refractivity contribution in [3.63, 3.8) is 0 Å². The van der Waals surface area contributed by atoms with Crippen LogP contribution in [-0.4, -0.2) is 24.5 Å². The first-order valence-corrected chi connectivity index (χ1v) is 7.92. The number of nitrogens with zero attached hydrogens (tertiary/aromatic N) is 1. The van der Waals surface area contributed by atoms with Crippen LogP contribution in [0.3, 0.4) is 0 Å². The van der Waals surface area contributed by atoms with Crippen molar-refractivity contribution in [3.8, 4) is 0 Å². The third-order valence-corrected chi connectivity index (χ3v) is 4.86. The van der Waals surface area contributed by atoms with E-state index in [2.05, 4.69) is 21.0 Å². The molecule has 1 heterocycles. The van der Waals surface area contributed by atoms with Gasteiger partial charge in [0.1, 0.15) is 5.01 Å². The van der Waals surface area contributed by atoms with Crippen molar-refractivity contribution in [2.24, 2.45) is 0 Å². The van der Waals surface area contributed by atoms with Crippen molar-refractivity contribution in [3.05, 3.63) is 16.1 Å². The molecule has 1 fully saturated rings. The van der Waals surface area contributed by atoms with Gasteiger partial charge < -0.3 is 10.6 Å². The van der Waals surface area contributed by atoms with E-state index >= 15 is 0 Å². The maximum atomic E-state index is 12.1. The minimum Gasteiger partial charge on any atom is -0.344 e. The number of hydrogen-bond acceptors (Lipinski definition) is 4. The summed E-state index contributed by atoms with van der Waals surface area (Å²) in [5, 5.41) is 9.49. The first kappa shape index (κ1) is 14.5. The summed E-state index contributed by atoms with van der Waals surface area (Å²) in [5.41, 5.74) is 0.867. The average Bonchev–Trinajstić information content (AvgIpc) is 2.99. The molecule has 1 aromatic rings. The number of rotatable bonds is 6. The lowest BCUT2D eigenvalue weighted by Crippen LogP contribution is -2.43. The summed E-state index contributed by atoms with van der Waals surface area (Å²) < 4.78 is 0. The number of carbonyl (C=O) groups excluding carboxylic acids is 1. The van der Waals surface area contributed by atoms with E-state index < -0.39 is 0 Å². The van der Waals surface area contributed by atoms with Crippen LogP contribution < -0.4 is 10.6 Å². The Bertz CT molecular complexity index is 424. The van der Waals surface area contributed by atoms with Crippen LogP contribution in [0.15, 0.2) is 5.38 Å². The largest absolute Gasteiger partial charge is 0.344 e. The van der Waals surface area contributed by atoms with Crippen LogP contribution in [0.4, 0.5) is 0 Å². The molecular weight excluding hydrogens is 258 g/mol. The molecule has 0 aliphatic heterocycles. The molecule has 2 N–H and O–H groups in total. The van der Waals surface area contributed by atoms with Crippen molar-refractivity contribution in [1.82, 2.24) is 15.6 Å². The highest BCUT2D eigenvalue weighted by molar-refractivity contribution is 7.09. The molecule has 1 amide bonds. The summed E-state index contributed by atoms with van der Waals surface area (Å²) in [7, 11) is 1.91. The maximum absolute atomic E-state index is 12.1. The average molecular weight is 281 g/mol. The quantitative estimate of drug-likeness (QED) is 0.787.